The standard InChI is InChI=1S/C22H26N4O2/c1-22(15-8-5-4-6-9-15)10-7-11-26(14-22)21-24-17-13-19(28-3)18(27-2)12-16(17)20(23)25-21/h4-6,8-9,12-13H,7,10-11,14H2,1-3H3,(H2,23,24,25)/t22-/m0/s1. The van der Waals surface area contributed by atoms with Gasteiger partial charge >= 0.3 is 0 Å². The fraction of sp³-hybridized carbons (Fsp3) is 0.364. The lowest BCUT2D eigenvalue weighted by atomic mass is 9.76. The lowest BCUT2D eigenvalue weighted by Crippen LogP contribution is -2.45. The zero-order valence-corrected chi connectivity index (χ0v) is 16.6. The van der Waals surface area contributed by atoms with Gasteiger partial charge in [-0.1, -0.05) is 37.3 Å². The summed E-state index contributed by atoms with van der Waals surface area (Å²) in [6, 6.07) is 14.4. The molecule has 1 aliphatic heterocycles. The van der Waals surface area contributed by atoms with Crippen LogP contribution in [0.4, 0.5) is 11.8 Å². The third kappa shape index (κ3) is 3.19. The minimum atomic E-state index is 0.0597. The molecular weight excluding hydrogens is 352 g/mol. The van der Waals surface area contributed by atoms with Crippen molar-refractivity contribution in [2.45, 2.75) is 25.2 Å². The highest BCUT2D eigenvalue weighted by atomic mass is 16.5. The van der Waals surface area contributed by atoms with Crippen LogP contribution < -0.4 is 20.1 Å². The van der Waals surface area contributed by atoms with E-state index in [4.69, 9.17) is 20.2 Å². The van der Waals surface area contributed by atoms with Gasteiger partial charge in [-0.3, -0.25) is 0 Å². The first-order valence-electron chi connectivity index (χ1n) is 9.54. The second-order valence-electron chi connectivity index (χ2n) is 7.58. The molecule has 0 spiro atoms. The number of piperidine rings is 1. The van der Waals surface area contributed by atoms with Gasteiger partial charge < -0.3 is 20.1 Å². The second-order valence-corrected chi connectivity index (χ2v) is 7.58. The van der Waals surface area contributed by atoms with Crippen LogP contribution in [-0.2, 0) is 5.41 Å². The van der Waals surface area contributed by atoms with Crippen LogP contribution in [-0.4, -0.2) is 37.3 Å². The highest BCUT2D eigenvalue weighted by molar-refractivity contribution is 5.91. The molecule has 1 saturated heterocycles. The average Bonchev–Trinajstić information content (AvgIpc) is 2.73. The van der Waals surface area contributed by atoms with Gasteiger partial charge in [0, 0.05) is 30.0 Å². The molecule has 28 heavy (non-hydrogen) atoms. The summed E-state index contributed by atoms with van der Waals surface area (Å²) in [6.45, 7) is 4.09. The van der Waals surface area contributed by atoms with Crippen molar-refractivity contribution in [2.24, 2.45) is 0 Å². The van der Waals surface area contributed by atoms with E-state index in [1.807, 2.05) is 12.1 Å². The van der Waals surface area contributed by atoms with Crippen LogP contribution in [0.25, 0.3) is 10.9 Å². The monoisotopic (exact) mass is 378 g/mol. The Labute approximate surface area is 165 Å². The van der Waals surface area contributed by atoms with Crippen molar-refractivity contribution in [1.82, 2.24) is 9.97 Å². The molecule has 4 rings (SSSR count). The molecule has 0 aliphatic carbocycles. The van der Waals surface area contributed by atoms with Crippen LogP contribution in [0, 0.1) is 0 Å². The Morgan fingerprint density at radius 3 is 2.46 bits per heavy atom. The quantitative estimate of drug-likeness (QED) is 0.745. The SMILES string of the molecule is COc1cc2nc(N3CCC[C@](C)(c4ccccc4)C3)nc(N)c2cc1OC. The number of benzene rings is 2. The van der Waals surface area contributed by atoms with Gasteiger partial charge in [0.1, 0.15) is 5.82 Å². The number of hydrogen-bond acceptors (Lipinski definition) is 6. The topological polar surface area (TPSA) is 73.5 Å². The highest BCUT2D eigenvalue weighted by Crippen LogP contribution is 2.37. The Kier molecular flexibility index (Phi) is 4.71. The van der Waals surface area contributed by atoms with Crippen LogP contribution in [0.3, 0.4) is 0 Å². The van der Waals surface area contributed by atoms with Crippen LogP contribution >= 0.6 is 0 Å². The molecule has 146 valence electrons. The molecule has 0 unspecified atom stereocenters. The molecule has 1 aromatic heterocycles. The number of nitrogens with zero attached hydrogens (tertiary/aromatic N) is 3. The summed E-state index contributed by atoms with van der Waals surface area (Å²) in [6.07, 6.45) is 2.22. The highest BCUT2D eigenvalue weighted by Gasteiger charge is 2.33. The number of methoxy groups -OCH3 is 2. The van der Waals surface area contributed by atoms with Crippen molar-refractivity contribution < 1.29 is 9.47 Å². The Morgan fingerprint density at radius 1 is 1.04 bits per heavy atom. The maximum atomic E-state index is 6.28. The summed E-state index contributed by atoms with van der Waals surface area (Å²) >= 11 is 0. The first-order chi connectivity index (χ1) is 13.5. The molecule has 2 aromatic carbocycles. The fourth-order valence-electron chi connectivity index (χ4n) is 4.09. The van der Waals surface area contributed by atoms with Gasteiger partial charge in [0.15, 0.2) is 11.5 Å². The Bertz CT molecular complexity index is 993. The molecule has 1 aliphatic rings. The number of ether oxygens (including phenoxy) is 2. The Morgan fingerprint density at radius 2 is 1.75 bits per heavy atom. The third-order valence-electron chi connectivity index (χ3n) is 5.67. The van der Waals surface area contributed by atoms with Crippen molar-refractivity contribution in [1.29, 1.82) is 0 Å². The number of anilines is 2. The molecule has 0 radical (unpaired) electrons. The van der Waals surface area contributed by atoms with E-state index in [1.165, 1.54) is 5.56 Å². The van der Waals surface area contributed by atoms with E-state index < -0.39 is 0 Å². The molecule has 1 fully saturated rings. The van der Waals surface area contributed by atoms with Crippen molar-refractivity contribution in [3.05, 3.63) is 48.0 Å². The smallest absolute Gasteiger partial charge is 0.227 e. The molecule has 0 saturated carbocycles. The largest absolute Gasteiger partial charge is 0.493 e. The van der Waals surface area contributed by atoms with E-state index in [1.54, 1.807) is 14.2 Å². The van der Waals surface area contributed by atoms with Crippen molar-refractivity contribution in [3.63, 3.8) is 0 Å². The van der Waals surface area contributed by atoms with Gasteiger partial charge in [0.2, 0.25) is 5.95 Å². The molecule has 3 aromatic rings. The fourth-order valence-corrected chi connectivity index (χ4v) is 4.09. The van der Waals surface area contributed by atoms with Gasteiger partial charge in [-0.05, 0) is 24.5 Å². The number of nitrogen functional groups attached to an aromatic ring is 1. The average molecular weight is 378 g/mol. The molecule has 6 heteroatoms. The van der Waals surface area contributed by atoms with Gasteiger partial charge in [-0.15, -0.1) is 0 Å². The van der Waals surface area contributed by atoms with Crippen molar-refractivity contribution >= 4 is 22.7 Å². The number of aromatic nitrogens is 2. The van der Waals surface area contributed by atoms with Crippen LogP contribution in [0.2, 0.25) is 0 Å². The summed E-state index contributed by atoms with van der Waals surface area (Å²) < 4.78 is 10.8. The van der Waals surface area contributed by atoms with Crippen LogP contribution in [0.5, 0.6) is 11.5 Å². The molecule has 6 nitrogen and oxygen atoms in total. The zero-order chi connectivity index (χ0) is 19.7. The predicted octanol–water partition coefficient (Wildman–Crippen LogP) is 3.79. The van der Waals surface area contributed by atoms with Crippen molar-refractivity contribution in [3.8, 4) is 11.5 Å². The molecular formula is C22H26N4O2. The predicted molar refractivity (Wildman–Crippen MR) is 112 cm³/mol. The van der Waals surface area contributed by atoms with E-state index in [2.05, 4.69) is 47.1 Å². The van der Waals surface area contributed by atoms with E-state index >= 15 is 0 Å². The molecule has 2 N–H and O–H groups in total. The number of hydrogen-bond donors (Lipinski definition) is 1. The number of fused-ring (bicyclic) bond motifs is 1. The zero-order valence-electron chi connectivity index (χ0n) is 16.6. The van der Waals surface area contributed by atoms with Gasteiger partial charge in [0.05, 0.1) is 19.7 Å². The van der Waals surface area contributed by atoms with Crippen molar-refractivity contribution in [2.75, 3.05) is 37.9 Å². The van der Waals surface area contributed by atoms with Gasteiger partial charge in [0.25, 0.3) is 0 Å². The summed E-state index contributed by atoms with van der Waals surface area (Å²) in [4.78, 5) is 11.7. The lowest BCUT2D eigenvalue weighted by Gasteiger charge is -2.41. The van der Waals surface area contributed by atoms with E-state index in [9.17, 15) is 0 Å². The minimum absolute atomic E-state index is 0.0597. The number of nitrogens with two attached hydrogens (primary N) is 1. The minimum Gasteiger partial charge on any atom is -0.493 e. The van der Waals surface area contributed by atoms with E-state index in [0.717, 1.165) is 36.8 Å². The summed E-state index contributed by atoms with van der Waals surface area (Å²) in [5.41, 5.74) is 8.45. The second kappa shape index (κ2) is 7.19. The lowest BCUT2D eigenvalue weighted by molar-refractivity contribution is 0.355. The molecule has 2 heterocycles. The summed E-state index contributed by atoms with van der Waals surface area (Å²) in [7, 11) is 3.22. The third-order valence-corrected chi connectivity index (χ3v) is 5.67. The van der Waals surface area contributed by atoms with E-state index in [-0.39, 0.29) is 5.41 Å². The first-order valence-corrected chi connectivity index (χ1v) is 9.54. The Balaban J connectivity index is 1.72. The van der Waals surface area contributed by atoms with Crippen LogP contribution in [0.15, 0.2) is 42.5 Å². The molecule has 0 bridgehead atoms. The first kappa shape index (κ1) is 18.3. The normalized spacial score (nSPS) is 19.6. The Hall–Kier alpha value is -3.02. The summed E-state index contributed by atoms with van der Waals surface area (Å²) in [5, 5.41) is 0.768. The summed E-state index contributed by atoms with van der Waals surface area (Å²) in [5.74, 6) is 2.37. The number of rotatable bonds is 4. The van der Waals surface area contributed by atoms with Crippen LogP contribution in [0.1, 0.15) is 25.3 Å². The van der Waals surface area contributed by atoms with Gasteiger partial charge in [-0.25, -0.2) is 4.98 Å². The maximum Gasteiger partial charge on any atom is 0.227 e. The maximum absolute atomic E-state index is 6.28. The van der Waals surface area contributed by atoms with Gasteiger partial charge in [-0.2, -0.15) is 4.98 Å². The van der Waals surface area contributed by atoms with E-state index in [0.29, 0.717) is 23.3 Å². The molecule has 1 atom stereocenters. The molecule has 0 amide bonds.